The Morgan fingerprint density at radius 2 is 2.23 bits per heavy atom. The van der Waals surface area contributed by atoms with E-state index in [4.69, 9.17) is 23.2 Å². The number of imidazole rings is 1. The van der Waals surface area contributed by atoms with Gasteiger partial charge in [0, 0.05) is 12.5 Å². The highest BCUT2D eigenvalue weighted by Crippen LogP contribution is 2.18. The first-order chi connectivity index (χ1) is 6.22. The molecule has 2 heterocycles. The van der Waals surface area contributed by atoms with Crippen molar-refractivity contribution >= 4 is 28.8 Å². The largest absolute Gasteiger partial charge is 0.271 e. The van der Waals surface area contributed by atoms with E-state index in [9.17, 15) is 0 Å². The Kier molecular flexibility index (Phi) is 2.14. The molecule has 0 fully saturated rings. The van der Waals surface area contributed by atoms with E-state index in [-0.39, 0.29) is 0 Å². The van der Waals surface area contributed by atoms with Gasteiger partial charge in [-0.15, -0.1) is 0 Å². The second-order valence-corrected chi connectivity index (χ2v) is 3.40. The molecule has 5 heteroatoms. The normalized spacial score (nSPS) is 11.0. The van der Waals surface area contributed by atoms with Gasteiger partial charge in [-0.05, 0) is 0 Å². The van der Waals surface area contributed by atoms with Crippen molar-refractivity contribution < 1.29 is 0 Å². The van der Waals surface area contributed by atoms with Crippen molar-refractivity contribution in [1.29, 1.82) is 0 Å². The Morgan fingerprint density at radius 3 is 2.92 bits per heavy atom. The lowest BCUT2D eigenvalue weighted by Gasteiger charge is -2.00. The molecule has 0 aliphatic heterocycles. The number of fused-ring (bicyclic) bond motifs is 1. The van der Waals surface area contributed by atoms with Gasteiger partial charge in [0.15, 0.2) is 5.65 Å². The number of hydrogen-bond acceptors (Lipinski definition) is 2. The maximum atomic E-state index is 5.99. The molecule has 0 aliphatic carbocycles. The van der Waals surface area contributed by atoms with Gasteiger partial charge in [-0.1, -0.05) is 30.1 Å². The minimum absolute atomic E-state index is 0.389. The molecule has 0 saturated heterocycles. The van der Waals surface area contributed by atoms with Crippen molar-refractivity contribution in [3.05, 3.63) is 28.4 Å². The molecule has 0 N–H and O–H groups in total. The molecule has 13 heavy (non-hydrogen) atoms. The number of hydrogen-bond donors (Lipinski definition) is 0. The van der Waals surface area contributed by atoms with Crippen LogP contribution in [0.3, 0.4) is 0 Å². The number of halogens is 2. The molecule has 3 nitrogen and oxygen atoms in total. The van der Waals surface area contributed by atoms with Crippen LogP contribution in [0.1, 0.15) is 12.7 Å². The summed E-state index contributed by atoms with van der Waals surface area (Å²) < 4.78 is 1.79. The van der Waals surface area contributed by atoms with E-state index in [0.717, 1.165) is 12.2 Å². The molecular weight excluding hydrogens is 209 g/mol. The first kappa shape index (κ1) is 8.78. The summed E-state index contributed by atoms with van der Waals surface area (Å²) in [6, 6.07) is 1.61. The minimum Gasteiger partial charge on any atom is -0.271 e. The van der Waals surface area contributed by atoms with Gasteiger partial charge in [0.1, 0.15) is 16.1 Å². The summed E-state index contributed by atoms with van der Waals surface area (Å²) in [5, 5.41) is 0.935. The van der Waals surface area contributed by atoms with Gasteiger partial charge in [0.25, 0.3) is 0 Å². The molecule has 0 radical (unpaired) electrons. The molecule has 0 amide bonds. The van der Waals surface area contributed by atoms with E-state index in [1.54, 1.807) is 16.7 Å². The van der Waals surface area contributed by atoms with E-state index in [1.165, 1.54) is 0 Å². The second-order valence-electron chi connectivity index (χ2n) is 2.62. The molecule has 0 unspecified atom stereocenters. The van der Waals surface area contributed by atoms with Gasteiger partial charge in [-0.3, -0.25) is 4.40 Å². The minimum atomic E-state index is 0.389. The molecule has 0 saturated carbocycles. The predicted molar refractivity (Wildman–Crippen MR) is 52.4 cm³/mol. The summed E-state index contributed by atoms with van der Waals surface area (Å²) >= 11 is 11.7. The second kappa shape index (κ2) is 3.16. The SMILES string of the molecule is CCc1ncc2nc(Cl)cc(Cl)n12. The van der Waals surface area contributed by atoms with Crippen LogP contribution >= 0.6 is 23.2 Å². The third kappa shape index (κ3) is 1.38. The zero-order valence-corrected chi connectivity index (χ0v) is 8.47. The Labute approximate surface area is 85.3 Å². The van der Waals surface area contributed by atoms with Crippen LogP contribution < -0.4 is 0 Å². The highest BCUT2D eigenvalue weighted by molar-refractivity contribution is 6.33. The van der Waals surface area contributed by atoms with Gasteiger partial charge in [-0.2, -0.15) is 0 Å². The molecule has 0 bridgehead atoms. The zero-order chi connectivity index (χ0) is 9.42. The monoisotopic (exact) mass is 215 g/mol. The van der Waals surface area contributed by atoms with Crippen molar-refractivity contribution in [3.8, 4) is 0 Å². The number of aryl methyl sites for hydroxylation is 1. The Morgan fingerprint density at radius 1 is 1.46 bits per heavy atom. The molecule has 2 aromatic rings. The summed E-state index contributed by atoms with van der Waals surface area (Å²) in [7, 11) is 0. The first-order valence-corrected chi connectivity index (χ1v) is 4.66. The Hall–Kier alpha value is -0.800. The summed E-state index contributed by atoms with van der Waals surface area (Å²) in [4.78, 5) is 8.26. The Balaban J connectivity index is 2.82. The molecule has 2 aromatic heterocycles. The maximum absolute atomic E-state index is 5.99. The fourth-order valence-corrected chi connectivity index (χ4v) is 1.78. The average molecular weight is 216 g/mol. The van der Waals surface area contributed by atoms with E-state index in [1.807, 2.05) is 6.92 Å². The summed E-state index contributed by atoms with van der Waals surface area (Å²) in [5.74, 6) is 0.893. The fraction of sp³-hybridized carbons (Fsp3) is 0.250. The quantitative estimate of drug-likeness (QED) is 0.685. The third-order valence-corrected chi connectivity index (χ3v) is 2.28. The van der Waals surface area contributed by atoms with E-state index < -0.39 is 0 Å². The van der Waals surface area contributed by atoms with Gasteiger partial charge in [0.2, 0.25) is 0 Å². The molecule has 68 valence electrons. The number of nitrogens with zero attached hydrogens (tertiary/aromatic N) is 3. The summed E-state index contributed by atoms with van der Waals surface area (Å²) in [5.41, 5.74) is 0.689. The lowest BCUT2D eigenvalue weighted by Crippen LogP contribution is -1.95. The van der Waals surface area contributed by atoms with Gasteiger partial charge >= 0.3 is 0 Å². The lowest BCUT2D eigenvalue weighted by atomic mass is 10.4. The molecule has 2 rings (SSSR count). The highest BCUT2D eigenvalue weighted by atomic mass is 35.5. The van der Waals surface area contributed by atoms with Crippen molar-refractivity contribution in [2.24, 2.45) is 0 Å². The van der Waals surface area contributed by atoms with Crippen molar-refractivity contribution in [2.45, 2.75) is 13.3 Å². The van der Waals surface area contributed by atoms with Crippen molar-refractivity contribution in [3.63, 3.8) is 0 Å². The summed E-state index contributed by atoms with van der Waals surface area (Å²) in [6.07, 6.45) is 2.48. The van der Waals surface area contributed by atoms with Crippen LogP contribution in [0, 0.1) is 0 Å². The van der Waals surface area contributed by atoms with Crippen LogP contribution in [0.5, 0.6) is 0 Å². The third-order valence-electron chi connectivity index (χ3n) is 1.81. The average Bonchev–Trinajstić information content (AvgIpc) is 2.47. The Bertz CT molecular complexity index is 450. The lowest BCUT2D eigenvalue weighted by molar-refractivity contribution is 0.926. The van der Waals surface area contributed by atoms with Gasteiger partial charge in [-0.25, -0.2) is 9.97 Å². The van der Waals surface area contributed by atoms with Crippen LogP contribution in [0.4, 0.5) is 0 Å². The van der Waals surface area contributed by atoms with Gasteiger partial charge in [0.05, 0.1) is 6.20 Å². The maximum Gasteiger partial charge on any atom is 0.159 e. The van der Waals surface area contributed by atoms with Gasteiger partial charge < -0.3 is 0 Å². The van der Waals surface area contributed by atoms with Crippen molar-refractivity contribution in [2.75, 3.05) is 0 Å². The molecule has 0 aliphatic rings. The zero-order valence-electron chi connectivity index (χ0n) is 6.96. The summed E-state index contributed by atoms with van der Waals surface area (Å²) in [6.45, 7) is 2.01. The molecular formula is C8H7Cl2N3. The van der Waals surface area contributed by atoms with E-state index in [0.29, 0.717) is 16.0 Å². The first-order valence-electron chi connectivity index (χ1n) is 3.90. The molecule has 0 spiro atoms. The van der Waals surface area contributed by atoms with Crippen LogP contribution in [0.2, 0.25) is 10.3 Å². The predicted octanol–water partition coefficient (Wildman–Crippen LogP) is 2.60. The smallest absolute Gasteiger partial charge is 0.159 e. The topological polar surface area (TPSA) is 30.2 Å². The van der Waals surface area contributed by atoms with E-state index >= 15 is 0 Å². The van der Waals surface area contributed by atoms with Crippen LogP contribution in [0.15, 0.2) is 12.3 Å². The van der Waals surface area contributed by atoms with Crippen molar-refractivity contribution in [1.82, 2.24) is 14.4 Å². The van der Waals surface area contributed by atoms with Crippen LogP contribution in [-0.4, -0.2) is 14.4 Å². The fourth-order valence-electron chi connectivity index (χ4n) is 1.25. The molecule has 0 atom stereocenters. The number of rotatable bonds is 1. The standard InChI is InChI=1S/C8H7Cl2N3/c1-2-7-11-4-8-12-5(9)3-6(10)13(7)8/h3-4H,2H2,1H3. The number of aromatic nitrogens is 3. The van der Waals surface area contributed by atoms with Crippen LogP contribution in [-0.2, 0) is 6.42 Å². The van der Waals surface area contributed by atoms with E-state index in [2.05, 4.69) is 9.97 Å². The van der Waals surface area contributed by atoms with Crippen LogP contribution in [0.25, 0.3) is 5.65 Å². The molecule has 0 aromatic carbocycles. The highest BCUT2D eigenvalue weighted by Gasteiger charge is 2.07.